The minimum Gasteiger partial charge on any atom is -0.326 e. The minimum atomic E-state index is -0.0565. The first-order chi connectivity index (χ1) is 10.5. The summed E-state index contributed by atoms with van der Waals surface area (Å²) in [7, 11) is 1.90. The molecule has 1 amide bonds. The molecule has 0 N–H and O–H groups in total. The first-order valence-electron chi connectivity index (χ1n) is 7.20. The number of carbonyl (C=O) groups is 1. The molecule has 1 unspecified atom stereocenters. The molecule has 0 fully saturated rings. The lowest BCUT2D eigenvalue weighted by Gasteiger charge is -2.28. The summed E-state index contributed by atoms with van der Waals surface area (Å²) in [6.45, 7) is 6.13. The lowest BCUT2D eigenvalue weighted by atomic mass is 10.1. The molecule has 22 heavy (non-hydrogen) atoms. The van der Waals surface area contributed by atoms with Crippen molar-refractivity contribution in [1.82, 2.24) is 14.7 Å². The van der Waals surface area contributed by atoms with Gasteiger partial charge in [0.15, 0.2) is 0 Å². The summed E-state index contributed by atoms with van der Waals surface area (Å²) in [5.74, 6) is -0.0565. The van der Waals surface area contributed by atoms with E-state index in [2.05, 4.69) is 11.7 Å². The number of nitrogens with zero attached hydrogens (tertiary/aromatic N) is 3. The van der Waals surface area contributed by atoms with E-state index in [-0.39, 0.29) is 11.9 Å². The number of hydrogen-bond donors (Lipinski definition) is 0. The smallest absolute Gasteiger partial charge is 0.246 e. The molecule has 6 heteroatoms. The van der Waals surface area contributed by atoms with Crippen LogP contribution in [-0.4, -0.2) is 20.6 Å². The molecule has 2 aromatic heterocycles. The Hall–Kier alpha value is -1.59. The first kappa shape index (κ1) is 15.3. The number of fused-ring (bicyclic) bond motifs is 1. The maximum absolute atomic E-state index is 12.4. The quantitative estimate of drug-likeness (QED) is 0.800. The molecular weight excluding hydrogens is 318 g/mol. The third-order valence-corrected chi connectivity index (χ3v) is 5.42. The predicted octanol–water partition coefficient (Wildman–Crippen LogP) is 3.65. The normalized spacial score (nSPS) is 16.6. The van der Waals surface area contributed by atoms with Crippen LogP contribution in [0.15, 0.2) is 24.8 Å². The van der Waals surface area contributed by atoms with Crippen LogP contribution in [0.4, 0.5) is 0 Å². The topological polar surface area (TPSA) is 38.1 Å². The van der Waals surface area contributed by atoms with E-state index >= 15 is 0 Å². The largest absolute Gasteiger partial charge is 0.326 e. The van der Waals surface area contributed by atoms with Gasteiger partial charge in [0.2, 0.25) is 5.91 Å². The van der Waals surface area contributed by atoms with Gasteiger partial charge in [-0.15, -0.1) is 11.3 Å². The number of amides is 1. The zero-order chi connectivity index (χ0) is 15.9. The summed E-state index contributed by atoms with van der Waals surface area (Å²) in [6.07, 6.45) is 3.30. The van der Waals surface area contributed by atoms with Crippen molar-refractivity contribution >= 4 is 28.8 Å². The van der Waals surface area contributed by atoms with Crippen molar-refractivity contribution in [2.24, 2.45) is 7.05 Å². The zero-order valence-electron chi connectivity index (χ0n) is 12.7. The highest BCUT2D eigenvalue weighted by molar-refractivity contribution is 7.16. The van der Waals surface area contributed by atoms with Crippen molar-refractivity contribution < 1.29 is 4.79 Å². The Labute approximate surface area is 139 Å². The number of halogens is 1. The number of rotatable bonds is 4. The van der Waals surface area contributed by atoms with Crippen LogP contribution in [0.25, 0.3) is 0 Å². The molecule has 0 spiro atoms. The minimum absolute atomic E-state index is 0.0565. The van der Waals surface area contributed by atoms with Crippen molar-refractivity contribution in [1.29, 1.82) is 0 Å². The molecule has 1 atom stereocenters. The Balaban J connectivity index is 1.92. The standard InChI is InChI=1S/C16H18ClN3OS/c1-4-16(21)20(9-11-7-10(2)18-19(11)3)13-5-6-14-12(13)8-15(17)22-14/h4,7-8,13H,1,5-6,9H2,2-3H3. The molecule has 2 heterocycles. The van der Waals surface area contributed by atoms with Gasteiger partial charge >= 0.3 is 0 Å². The van der Waals surface area contributed by atoms with Gasteiger partial charge in [0.1, 0.15) is 0 Å². The average molecular weight is 336 g/mol. The van der Waals surface area contributed by atoms with Crippen molar-refractivity contribution in [2.75, 3.05) is 0 Å². The fraction of sp³-hybridized carbons (Fsp3) is 0.375. The van der Waals surface area contributed by atoms with E-state index in [4.69, 9.17) is 11.6 Å². The van der Waals surface area contributed by atoms with Crippen LogP contribution in [0, 0.1) is 6.92 Å². The highest BCUT2D eigenvalue weighted by atomic mass is 35.5. The van der Waals surface area contributed by atoms with Crippen molar-refractivity contribution in [2.45, 2.75) is 32.4 Å². The lowest BCUT2D eigenvalue weighted by molar-refractivity contribution is -0.129. The van der Waals surface area contributed by atoms with Gasteiger partial charge in [-0.1, -0.05) is 18.2 Å². The second kappa shape index (κ2) is 5.89. The van der Waals surface area contributed by atoms with E-state index in [1.54, 1.807) is 11.3 Å². The fourth-order valence-electron chi connectivity index (χ4n) is 3.08. The SMILES string of the molecule is C=CC(=O)N(Cc1cc(C)nn1C)C1CCc2sc(Cl)cc21. The Morgan fingerprint density at radius 3 is 3.05 bits per heavy atom. The molecule has 3 rings (SSSR count). The number of aryl methyl sites for hydroxylation is 3. The fourth-order valence-corrected chi connectivity index (χ4v) is 4.43. The number of carbonyl (C=O) groups excluding carboxylic acids is 1. The summed E-state index contributed by atoms with van der Waals surface area (Å²) in [5.41, 5.74) is 3.15. The Morgan fingerprint density at radius 1 is 1.64 bits per heavy atom. The van der Waals surface area contributed by atoms with Crippen LogP contribution in [0.5, 0.6) is 0 Å². The van der Waals surface area contributed by atoms with Crippen LogP contribution in [0.2, 0.25) is 4.34 Å². The van der Waals surface area contributed by atoms with E-state index in [0.29, 0.717) is 6.54 Å². The summed E-state index contributed by atoms with van der Waals surface area (Å²) in [5, 5.41) is 4.36. The molecule has 116 valence electrons. The van der Waals surface area contributed by atoms with E-state index in [9.17, 15) is 4.79 Å². The Kier molecular flexibility index (Phi) is 4.10. The van der Waals surface area contributed by atoms with Gasteiger partial charge < -0.3 is 4.90 Å². The van der Waals surface area contributed by atoms with Crippen LogP contribution in [-0.2, 0) is 24.8 Å². The van der Waals surface area contributed by atoms with Crippen LogP contribution in [0.3, 0.4) is 0 Å². The highest BCUT2D eigenvalue weighted by Gasteiger charge is 2.32. The molecule has 0 saturated heterocycles. The molecule has 4 nitrogen and oxygen atoms in total. The summed E-state index contributed by atoms with van der Waals surface area (Å²) >= 11 is 7.75. The maximum atomic E-state index is 12.4. The Bertz CT molecular complexity index is 734. The zero-order valence-corrected chi connectivity index (χ0v) is 14.2. The molecule has 0 bridgehead atoms. The molecule has 0 saturated carbocycles. The van der Waals surface area contributed by atoms with E-state index in [0.717, 1.165) is 28.6 Å². The molecular formula is C16H18ClN3OS. The van der Waals surface area contributed by atoms with Gasteiger partial charge in [0.25, 0.3) is 0 Å². The van der Waals surface area contributed by atoms with Gasteiger partial charge in [-0.25, -0.2) is 0 Å². The number of hydrogen-bond acceptors (Lipinski definition) is 3. The van der Waals surface area contributed by atoms with Crippen LogP contribution in [0.1, 0.15) is 34.3 Å². The monoisotopic (exact) mass is 335 g/mol. The number of thiophene rings is 1. The van der Waals surface area contributed by atoms with Gasteiger partial charge in [-0.3, -0.25) is 9.48 Å². The van der Waals surface area contributed by atoms with Crippen molar-refractivity contribution in [3.05, 3.63) is 51.0 Å². The van der Waals surface area contributed by atoms with E-state index in [1.165, 1.54) is 16.5 Å². The highest BCUT2D eigenvalue weighted by Crippen LogP contribution is 2.42. The van der Waals surface area contributed by atoms with E-state index < -0.39 is 0 Å². The van der Waals surface area contributed by atoms with Crippen molar-refractivity contribution in [3.63, 3.8) is 0 Å². The van der Waals surface area contributed by atoms with E-state index in [1.807, 2.05) is 35.7 Å². The first-order valence-corrected chi connectivity index (χ1v) is 8.39. The van der Waals surface area contributed by atoms with Gasteiger partial charge in [-0.2, -0.15) is 5.10 Å². The Morgan fingerprint density at radius 2 is 2.41 bits per heavy atom. The molecule has 0 aliphatic heterocycles. The second-order valence-corrected chi connectivity index (χ2v) is 7.32. The summed E-state index contributed by atoms with van der Waals surface area (Å²) < 4.78 is 2.62. The third-order valence-electron chi connectivity index (χ3n) is 4.08. The molecule has 1 aliphatic rings. The van der Waals surface area contributed by atoms with Crippen molar-refractivity contribution in [3.8, 4) is 0 Å². The second-order valence-electron chi connectivity index (χ2n) is 5.55. The predicted molar refractivity (Wildman–Crippen MR) is 89.1 cm³/mol. The molecule has 2 aromatic rings. The molecule has 0 radical (unpaired) electrons. The summed E-state index contributed by atoms with van der Waals surface area (Å²) in [4.78, 5) is 15.5. The lowest BCUT2D eigenvalue weighted by Crippen LogP contribution is -2.32. The average Bonchev–Trinajstić information content (AvgIpc) is 3.10. The molecule has 0 aromatic carbocycles. The van der Waals surface area contributed by atoms with Gasteiger partial charge in [0, 0.05) is 11.9 Å². The third kappa shape index (κ3) is 2.71. The van der Waals surface area contributed by atoms with Gasteiger partial charge in [-0.05, 0) is 43.5 Å². The van der Waals surface area contributed by atoms with Crippen LogP contribution < -0.4 is 0 Å². The van der Waals surface area contributed by atoms with Gasteiger partial charge in [0.05, 0.1) is 28.3 Å². The summed E-state index contributed by atoms with van der Waals surface area (Å²) in [6, 6.07) is 4.08. The van der Waals surface area contributed by atoms with Crippen LogP contribution >= 0.6 is 22.9 Å². The molecule has 1 aliphatic carbocycles. The maximum Gasteiger partial charge on any atom is 0.246 e. The number of aromatic nitrogens is 2.